The van der Waals surface area contributed by atoms with Gasteiger partial charge in [-0.3, -0.25) is 0 Å². The van der Waals surface area contributed by atoms with Gasteiger partial charge in [-0.15, -0.1) is 5.10 Å². The zero-order valence-electron chi connectivity index (χ0n) is 8.10. The van der Waals surface area contributed by atoms with Gasteiger partial charge >= 0.3 is 5.22 Å². The van der Waals surface area contributed by atoms with Crippen LogP contribution in [0.1, 0.15) is 19.7 Å². The third-order valence-electron chi connectivity index (χ3n) is 1.67. The maximum absolute atomic E-state index is 11.5. The van der Waals surface area contributed by atoms with Crippen molar-refractivity contribution in [2.24, 2.45) is 5.73 Å². The van der Waals surface area contributed by atoms with Gasteiger partial charge in [-0.2, -0.15) is 0 Å². The smallest absolute Gasteiger partial charge is 0.335 e. The lowest BCUT2D eigenvalue weighted by Gasteiger charge is -2.00. The Balaban J connectivity index is 2.98. The Morgan fingerprint density at radius 3 is 2.57 bits per heavy atom. The molecule has 0 saturated carbocycles. The molecule has 0 saturated heterocycles. The minimum absolute atomic E-state index is 0.256. The lowest BCUT2D eigenvalue weighted by atomic mass is 10.4. The van der Waals surface area contributed by atoms with Gasteiger partial charge in [-0.25, -0.2) is 8.42 Å². The van der Waals surface area contributed by atoms with E-state index >= 15 is 0 Å². The van der Waals surface area contributed by atoms with Gasteiger partial charge in [0, 0.05) is 13.0 Å². The van der Waals surface area contributed by atoms with Crippen LogP contribution in [-0.4, -0.2) is 30.4 Å². The molecule has 0 bridgehead atoms. The molecule has 6 nitrogen and oxygen atoms in total. The highest BCUT2D eigenvalue weighted by molar-refractivity contribution is 7.91. The topological polar surface area (TPSA) is 99.1 Å². The minimum Gasteiger partial charge on any atom is -0.412 e. The molecule has 14 heavy (non-hydrogen) atoms. The monoisotopic (exact) mass is 219 g/mol. The lowest BCUT2D eigenvalue weighted by molar-refractivity contribution is 0.395. The summed E-state index contributed by atoms with van der Waals surface area (Å²) < 4.78 is 28.0. The van der Waals surface area contributed by atoms with E-state index in [-0.39, 0.29) is 11.1 Å². The number of nitrogens with zero attached hydrogens (tertiary/aromatic N) is 2. The highest BCUT2D eigenvalue weighted by Gasteiger charge is 2.25. The van der Waals surface area contributed by atoms with Crippen molar-refractivity contribution in [2.75, 3.05) is 6.54 Å². The maximum atomic E-state index is 11.5. The zero-order chi connectivity index (χ0) is 10.8. The van der Waals surface area contributed by atoms with Crippen molar-refractivity contribution in [3.63, 3.8) is 0 Å². The van der Waals surface area contributed by atoms with Crippen LogP contribution in [0.5, 0.6) is 0 Å². The first-order valence-corrected chi connectivity index (χ1v) is 5.79. The molecule has 7 heteroatoms. The molecule has 0 aromatic carbocycles. The molecule has 0 spiro atoms. The summed E-state index contributed by atoms with van der Waals surface area (Å²) in [6.45, 7) is 3.47. The quantitative estimate of drug-likeness (QED) is 0.749. The van der Waals surface area contributed by atoms with E-state index < -0.39 is 15.1 Å². The Morgan fingerprint density at radius 2 is 2.07 bits per heavy atom. The second kappa shape index (κ2) is 4.05. The largest absolute Gasteiger partial charge is 0.412 e. The second-order valence-electron chi connectivity index (χ2n) is 3.09. The van der Waals surface area contributed by atoms with Crippen LogP contribution in [0.2, 0.25) is 0 Å². The zero-order valence-corrected chi connectivity index (χ0v) is 8.91. The van der Waals surface area contributed by atoms with Crippen LogP contribution in [-0.2, 0) is 16.3 Å². The second-order valence-corrected chi connectivity index (χ2v) is 5.48. The van der Waals surface area contributed by atoms with Crippen LogP contribution >= 0.6 is 0 Å². The van der Waals surface area contributed by atoms with Crippen molar-refractivity contribution in [2.45, 2.75) is 30.7 Å². The molecular formula is C7H13N3O3S. The average molecular weight is 219 g/mol. The number of hydrogen-bond donors (Lipinski definition) is 1. The molecule has 0 fully saturated rings. The van der Waals surface area contributed by atoms with E-state index in [2.05, 4.69) is 10.2 Å². The van der Waals surface area contributed by atoms with Crippen molar-refractivity contribution >= 4 is 9.84 Å². The summed E-state index contributed by atoms with van der Waals surface area (Å²) in [6, 6.07) is 0. The Hall–Kier alpha value is -0.950. The summed E-state index contributed by atoms with van der Waals surface area (Å²) in [5.41, 5.74) is 5.26. The van der Waals surface area contributed by atoms with E-state index in [0.717, 1.165) is 0 Å². The number of hydrogen-bond acceptors (Lipinski definition) is 6. The van der Waals surface area contributed by atoms with Crippen molar-refractivity contribution in [3.05, 3.63) is 5.89 Å². The predicted molar refractivity (Wildman–Crippen MR) is 49.4 cm³/mol. The fourth-order valence-corrected chi connectivity index (χ4v) is 1.55. The van der Waals surface area contributed by atoms with Crippen LogP contribution in [0.4, 0.5) is 0 Å². The van der Waals surface area contributed by atoms with Gasteiger partial charge < -0.3 is 10.2 Å². The Bertz CT molecular complexity index is 396. The molecule has 1 aromatic rings. The van der Waals surface area contributed by atoms with Gasteiger partial charge in [0.05, 0.1) is 5.25 Å². The van der Waals surface area contributed by atoms with E-state index in [1.54, 1.807) is 13.8 Å². The predicted octanol–water partition coefficient (Wildman–Crippen LogP) is -0.247. The first-order chi connectivity index (χ1) is 6.48. The molecule has 1 rings (SSSR count). The number of nitrogens with two attached hydrogens (primary N) is 1. The Kier molecular flexibility index (Phi) is 3.22. The normalized spacial score (nSPS) is 12.3. The summed E-state index contributed by atoms with van der Waals surface area (Å²) in [6.07, 6.45) is 0.389. The fourth-order valence-electron chi connectivity index (χ4n) is 0.779. The van der Waals surface area contributed by atoms with Crippen LogP contribution in [0.25, 0.3) is 0 Å². The SMILES string of the molecule is CC(C)S(=O)(=O)c1nnc(CCN)o1. The average Bonchev–Trinajstić information content (AvgIpc) is 2.53. The molecule has 80 valence electrons. The first-order valence-electron chi connectivity index (χ1n) is 4.25. The summed E-state index contributed by atoms with van der Waals surface area (Å²) in [7, 11) is -3.46. The number of sulfone groups is 1. The molecule has 0 atom stereocenters. The van der Waals surface area contributed by atoms with Gasteiger partial charge in [-0.1, -0.05) is 5.10 Å². The molecule has 1 aromatic heterocycles. The highest BCUT2D eigenvalue weighted by atomic mass is 32.2. The minimum atomic E-state index is -3.46. The van der Waals surface area contributed by atoms with Crippen LogP contribution in [0.3, 0.4) is 0 Å². The number of aromatic nitrogens is 2. The van der Waals surface area contributed by atoms with E-state index in [0.29, 0.717) is 13.0 Å². The molecule has 0 aliphatic rings. The van der Waals surface area contributed by atoms with E-state index in [1.807, 2.05) is 0 Å². The molecule has 0 unspecified atom stereocenters. The van der Waals surface area contributed by atoms with Crippen molar-refractivity contribution in [1.29, 1.82) is 0 Å². The fraction of sp³-hybridized carbons (Fsp3) is 0.714. The molecule has 0 amide bonds. The molecule has 1 heterocycles. The standard InChI is InChI=1S/C7H13N3O3S/c1-5(2)14(11,12)7-10-9-6(13-7)3-4-8/h5H,3-4,8H2,1-2H3. The molecule has 0 radical (unpaired) electrons. The highest BCUT2D eigenvalue weighted by Crippen LogP contribution is 2.13. The third kappa shape index (κ3) is 2.10. The van der Waals surface area contributed by atoms with Gasteiger partial charge in [0.2, 0.25) is 15.7 Å². The van der Waals surface area contributed by atoms with Crippen LogP contribution in [0.15, 0.2) is 9.64 Å². The van der Waals surface area contributed by atoms with Crippen molar-refractivity contribution in [1.82, 2.24) is 10.2 Å². The van der Waals surface area contributed by atoms with Crippen molar-refractivity contribution in [3.8, 4) is 0 Å². The molecule has 0 aliphatic carbocycles. The number of rotatable bonds is 4. The van der Waals surface area contributed by atoms with Gasteiger partial charge in [0.15, 0.2) is 0 Å². The summed E-state index contributed by atoms with van der Waals surface area (Å²) in [4.78, 5) is 0. The Labute approximate surface area is 82.4 Å². The van der Waals surface area contributed by atoms with Crippen LogP contribution in [0, 0.1) is 0 Å². The summed E-state index contributed by atoms with van der Waals surface area (Å²) >= 11 is 0. The van der Waals surface area contributed by atoms with Gasteiger partial charge in [0.1, 0.15) is 0 Å². The lowest BCUT2D eigenvalue weighted by Crippen LogP contribution is -2.14. The summed E-state index contributed by atoms with van der Waals surface area (Å²) in [5.74, 6) is 0.256. The molecule has 0 aliphatic heterocycles. The first kappa shape index (κ1) is 11.1. The molecule has 2 N–H and O–H groups in total. The van der Waals surface area contributed by atoms with E-state index in [9.17, 15) is 8.42 Å². The summed E-state index contributed by atoms with van der Waals surface area (Å²) in [5, 5.41) is 6.16. The third-order valence-corrected chi connectivity index (χ3v) is 3.56. The molecular weight excluding hydrogens is 206 g/mol. The van der Waals surface area contributed by atoms with Gasteiger partial charge in [-0.05, 0) is 13.8 Å². The van der Waals surface area contributed by atoms with E-state index in [1.165, 1.54) is 0 Å². The van der Waals surface area contributed by atoms with Crippen LogP contribution < -0.4 is 5.73 Å². The van der Waals surface area contributed by atoms with E-state index in [4.69, 9.17) is 10.2 Å². The van der Waals surface area contributed by atoms with Gasteiger partial charge in [0.25, 0.3) is 0 Å². The maximum Gasteiger partial charge on any atom is 0.335 e. The Morgan fingerprint density at radius 1 is 1.43 bits per heavy atom. The van der Waals surface area contributed by atoms with Crippen molar-refractivity contribution < 1.29 is 12.8 Å².